The number of aryl methyl sites for hydroxylation is 2. The van der Waals surface area contributed by atoms with E-state index in [9.17, 15) is 9.59 Å². The van der Waals surface area contributed by atoms with Gasteiger partial charge in [-0.1, -0.05) is 23.8 Å². The van der Waals surface area contributed by atoms with Gasteiger partial charge in [-0.3, -0.25) is 9.59 Å². The molecule has 1 heterocycles. The van der Waals surface area contributed by atoms with Crippen molar-refractivity contribution in [3.8, 4) is 0 Å². The SMILES string of the molecule is Cc1ccc(C)c(CN2C(=O)C(C)NC(=O)C2C2CC2)c1. The summed E-state index contributed by atoms with van der Waals surface area (Å²) in [6.45, 7) is 6.40. The van der Waals surface area contributed by atoms with Crippen molar-refractivity contribution in [2.45, 2.75) is 52.2 Å². The van der Waals surface area contributed by atoms with E-state index >= 15 is 0 Å². The van der Waals surface area contributed by atoms with Gasteiger partial charge in [-0.2, -0.15) is 0 Å². The number of nitrogens with zero attached hydrogens (tertiary/aromatic N) is 1. The van der Waals surface area contributed by atoms with E-state index in [0.717, 1.165) is 18.4 Å². The number of carbonyl (C=O) groups excluding carboxylic acids is 2. The molecule has 2 fully saturated rings. The average Bonchev–Trinajstić information content (AvgIpc) is 3.24. The van der Waals surface area contributed by atoms with Crippen LogP contribution in [0.2, 0.25) is 0 Å². The van der Waals surface area contributed by atoms with Gasteiger partial charge in [-0.15, -0.1) is 0 Å². The van der Waals surface area contributed by atoms with E-state index in [-0.39, 0.29) is 17.9 Å². The minimum Gasteiger partial charge on any atom is -0.343 e. The summed E-state index contributed by atoms with van der Waals surface area (Å²) >= 11 is 0. The Morgan fingerprint density at radius 2 is 1.95 bits per heavy atom. The fraction of sp³-hybridized carbons (Fsp3) is 0.529. The first kappa shape index (κ1) is 14.1. The number of nitrogens with one attached hydrogen (secondary N) is 1. The Morgan fingerprint density at radius 3 is 2.62 bits per heavy atom. The molecule has 4 nitrogen and oxygen atoms in total. The molecule has 1 N–H and O–H groups in total. The molecule has 3 rings (SSSR count). The summed E-state index contributed by atoms with van der Waals surface area (Å²) in [5.74, 6) is 0.383. The summed E-state index contributed by atoms with van der Waals surface area (Å²) in [6.07, 6.45) is 2.09. The normalized spacial score (nSPS) is 26.0. The first-order chi connectivity index (χ1) is 9.97. The van der Waals surface area contributed by atoms with Crippen LogP contribution in [0.3, 0.4) is 0 Å². The van der Waals surface area contributed by atoms with Crippen molar-refractivity contribution in [2.75, 3.05) is 0 Å². The maximum Gasteiger partial charge on any atom is 0.245 e. The Labute approximate surface area is 125 Å². The molecule has 2 atom stereocenters. The number of carbonyl (C=O) groups is 2. The highest BCUT2D eigenvalue weighted by Gasteiger charge is 2.46. The van der Waals surface area contributed by atoms with Crippen LogP contribution in [0.25, 0.3) is 0 Å². The lowest BCUT2D eigenvalue weighted by Gasteiger charge is -2.38. The van der Waals surface area contributed by atoms with Crippen LogP contribution in [0.5, 0.6) is 0 Å². The molecule has 0 radical (unpaired) electrons. The van der Waals surface area contributed by atoms with Crippen LogP contribution in [0.15, 0.2) is 18.2 Å². The minimum absolute atomic E-state index is 0.00917. The zero-order valence-corrected chi connectivity index (χ0v) is 12.8. The van der Waals surface area contributed by atoms with E-state index in [0.29, 0.717) is 12.5 Å². The minimum atomic E-state index is -0.419. The van der Waals surface area contributed by atoms with Crippen molar-refractivity contribution >= 4 is 11.8 Å². The molecular weight excluding hydrogens is 264 g/mol. The van der Waals surface area contributed by atoms with Crippen LogP contribution in [0.1, 0.15) is 36.5 Å². The number of hydrogen-bond acceptors (Lipinski definition) is 2. The maximum atomic E-state index is 12.5. The van der Waals surface area contributed by atoms with Crippen LogP contribution >= 0.6 is 0 Å². The first-order valence-corrected chi connectivity index (χ1v) is 7.64. The van der Waals surface area contributed by atoms with Gasteiger partial charge in [0.1, 0.15) is 12.1 Å². The summed E-state index contributed by atoms with van der Waals surface area (Å²) < 4.78 is 0. The number of amides is 2. The van der Waals surface area contributed by atoms with E-state index in [1.807, 2.05) is 0 Å². The molecule has 2 amide bonds. The monoisotopic (exact) mass is 286 g/mol. The van der Waals surface area contributed by atoms with Gasteiger partial charge < -0.3 is 10.2 Å². The van der Waals surface area contributed by atoms with E-state index in [4.69, 9.17) is 0 Å². The molecule has 0 bridgehead atoms. The topological polar surface area (TPSA) is 49.4 Å². The van der Waals surface area contributed by atoms with Gasteiger partial charge in [0.15, 0.2) is 0 Å². The molecular formula is C17H22N2O2. The van der Waals surface area contributed by atoms with Crippen molar-refractivity contribution in [1.82, 2.24) is 10.2 Å². The molecule has 1 saturated carbocycles. The van der Waals surface area contributed by atoms with Gasteiger partial charge in [0.2, 0.25) is 11.8 Å². The van der Waals surface area contributed by atoms with Crippen LogP contribution in [0, 0.1) is 19.8 Å². The largest absolute Gasteiger partial charge is 0.343 e. The van der Waals surface area contributed by atoms with Crippen LogP contribution in [-0.4, -0.2) is 28.8 Å². The highest BCUT2D eigenvalue weighted by Crippen LogP contribution is 2.37. The molecule has 2 aliphatic rings. The van der Waals surface area contributed by atoms with Crippen molar-refractivity contribution in [3.63, 3.8) is 0 Å². The molecule has 21 heavy (non-hydrogen) atoms. The van der Waals surface area contributed by atoms with Crippen molar-refractivity contribution in [2.24, 2.45) is 5.92 Å². The molecule has 0 aromatic heterocycles. The third-order valence-electron chi connectivity index (χ3n) is 4.53. The molecule has 1 aliphatic carbocycles. The van der Waals surface area contributed by atoms with Crippen molar-refractivity contribution in [3.05, 3.63) is 34.9 Å². The number of rotatable bonds is 3. The lowest BCUT2D eigenvalue weighted by molar-refractivity contribution is -0.150. The van der Waals surface area contributed by atoms with Gasteiger partial charge in [0.25, 0.3) is 0 Å². The highest BCUT2D eigenvalue weighted by atomic mass is 16.2. The van der Waals surface area contributed by atoms with Gasteiger partial charge in [-0.05, 0) is 50.7 Å². The summed E-state index contributed by atoms with van der Waals surface area (Å²) in [5.41, 5.74) is 3.48. The van der Waals surface area contributed by atoms with Gasteiger partial charge in [-0.25, -0.2) is 0 Å². The maximum absolute atomic E-state index is 12.5. The molecule has 112 valence electrons. The molecule has 1 aromatic rings. The lowest BCUT2D eigenvalue weighted by Crippen LogP contribution is -2.62. The lowest BCUT2D eigenvalue weighted by atomic mass is 10.00. The summed E-state index contributed by atoms with van der Waals surface area (Å²) in [4.78, 5) is 26.6. The molecule has 1 saturated heterocycles. The third-order valence-corrected chi connectivity index (χ3v) is 4.53. The Hall–Kier alpha value is -1.84. The molecule has 1 aromatic carbocycles. The second kappa shape index (κ2) is 5.17. The number of hydrogen-bond donors (Lipinski definition) is 1. The quantitative estimate of drug-likeness (QED) is 0.923. The molecule has 1 aliphatic heterocycles. The molecule has 2 unspecified atom stereocenters. The van der Waals surface area contributed by atoms with Crippen LogP contribution < -0.4 is 5.32 Å². The predicted octanol–water partition coefficient (Wildman–Crippen LogP) is 1.93. The van der Waals surface area contributed by atoms with Gasteiger partial charge in [0, 0.05) is 6.54 Å². The second-order valence-corrected chi connectivity index (χ2v) is 6.41. The Bertz CT molecular complexity index is 592. The van der Waals surface area contributed by atoms with E-state index < -0.39 is 6.04 Å². The number of benzene rings is 1. The standard InChI is InChI=1S/C17H22N2O2/c1-10-4-5-11(2)14(8-10)9-19-15(13-6-7-13)16(20)18-12(3)17(19)21/h4-5,8,12-13,15H,6-7,9H2,1-3H3,(H,18,20). The summed E-state index contributed by atoms with van der Waals surface area (Å²) in [7, 11) is 0. The Kier molecular flexibility index (Phi) is 3.47. The van der Waals surface area contributed by atoms with E-state index in [2.05, 4.69) is 37.4 Å². The van der Waals surface area contributed by atoms with Crippen LogP contribution in [0.4, 0.5) is 0 Å². The van der Waals surface area contributed by atoms with Crippen molar-refractivity contribution in [1.29, 1.82) is 0 Å². The third kappa shape index (κ3) is 2.67. The van der Waals surface area contributed by atoms with Crippen molar-refractivity contribution < 1.29 is 9.59 Å². The van der Waals surface area contributed by atoms with Crippen LogP contribution in [-0.2, 0) is 16.1 Å². The smallest absolute Gasteiger partial charge is 0.245 e. The fourth-order valence-electron chi connectivity index (χ4n) is 3.10. The summed E-state index contributed by atoms with van der Waals surface area (Å²) in [5, 5.41) is 2.81. The zero-order chi connectivity index (χ0) is 15.1. The highest BCUT2D eigenvalue weighted by molar-refractivity contribution is 5.97. The van der Waals surface area contributed by atoms with Gasteiger partial charge >= 0.3 is 0 Å². The fourth-order valence-corrected chi connectivity index (χ4v) is 3.10. The van der Waals surface area contributed by atoms with E-state index in [1.165, 1.54) is 11.1 Å². The Balaban J connectivity index is 1.90. The van der Waals surface area contributed by atoms with Gasteiger partial charge in [0.05, 0.1) is 0 Å². The molecule has 0 spiro atoms. The summed E-state index contributed by atoms with van der Waals surface area (Å²) in [6, 6.07) is 5.56. The predicted molar refractivity (Wildman–Crippen MR) is 80.6 cm³/mol. The first-order valence-electron chi connectivity index (χ1n) is 7.64. The zero-order valence-electron chi connectivity index (χ0n) is 12.8. The Morgan fingerprint density at radius 1 is 1.24 bits per heavy atom. The average molecular weight is 286 g/mol. The number of piperazine rings is 1. The second-order valence-electron chi connectivity index (χ2n) is 6.41. The van der Waals surface area contributed by atoms with E-state index in [1.54, 1.807) is 11.8 Å². The molecule has 4 heteroatoms.